The Morgan fingerprint density at radius 3 is 1.55 bits per heavy atom. The number of aliphatic hydroxyl groups is 2. The third-order valence-electron chi connectivity index (χ3n) is 3.19. The molecule has 0 radical (unpaired) electrons. The zero-order chi connectivity index (χ0) is 16.4. The van der Waals surface area contributed by atoms with Gasteiger partial charge in [0, 0.05) is 0 Å². The van der Waals surface area contributed by atoms with Crippen molar-refractivity contribution in [3.63, 3.8) is 0 Å². The van der Waals surface area contributed by atoms with Crippen LogP contribution in [0, 0.1) is 0 Å². The maximum Gasteiger partial charge on any atom is 0.130 e. The van der Waals surface area contributed by atoms with E-state index in [9.17, 15) is 0 Å². The van der Waals surface area contributed by atoms with Crippen LogP contribution in [-0.2, 0) is 12.8 Å². The quantitative estimate of drug-likeness (QED) is 0.879. The molecule has 0 fully saturated rings. The minimum absolute atomic E-state index is 0.139. The molecule has 0 heterocycles. The molecule has 1 atom stereocenters. The van der Waals surface area contributed by atoms with Gasteiger partial charge in [0.05, 0.1) is 12.7 Å². The maximum atomic E-state index is 8.11. The van der Waals surface area contributed by atoms with Crippen LogP contribution >= 0.6 is 0 Å². The van der Waals surface area contributed by atoms with Crippen molar-refractivity contribution >= 4 is 0 Å². The average molecular weight is 302 g/mol. The van der Waals surface area contributed by atoms with Crippen molar-refractivity contribution in [1.29, 1.82) is 0 Å². The lowest BCUT2D eigenvalue weighted by Crippen LogP contribution is -2.03. The van der Waals surface area contributed by atoms with Gasteiger partial charge in [0.1, 0.15) is 11.5 Å². The summed E-state index contributed by atoms with van der Waals surface area (Å²) in [5.74, 6) is 1.94. The zero-order valence-corrected chi connectivity index (χ0v) is 13.6. The van der Waals surface area contributed by atoms with Crippen LogP contribution in [0.15, 0.2) is 48.5 Å². The first-order valence-electron chi connectivity index (χ1n) is 7.74. The Hall–Kier alpha value is -1.84. The fourth-order valence-corrected chi connectivity index (χ4v) is 1.91. The van der Waals surface area contributed by atoms with E-state index in [1.807, 2.05) is 24.3 Å². The van der Waals surface area contributed by atoms with Gasteiger partial charge in [0.2, 0.25) is 0 Å². The summed E-state index contributed by atoms with van der Waals surface area (Å²) >= 11 is 0. The van der Waals surface area contributed by atoms with Gasteiger partial charge in [-0.15, -0.1) is 0 Å². The molecule has 0 aliphatic carbocycles. The van der Waals surface area contributed by atoms with Gasteiger partial charge in [-0.05, 0) is 43.0 Å². The SMILES string of the molecule is CC(O)CO.CCc1ccccc1Oc1ccccc1CC. The van der Waals surface area contributed by atoms with E-state index in [0.717, 1.165) is 24.3 Å². The van der Waals surface area contributed by atoms with Crippen LogP contribution in [-0.4, -0.2) is 22.9 Å². The van der Waals surface area contributed by atoms with Crippen molar-refractivity contribution in [2.75, 3.05) is 6.61 Å². The van der Waals surface area contributed by atoms with E-state index in [1.54, 1.807) is 0 Å². The number of rotatable bonds is 5. The fraction of sp³-hybridized carbons (Fsp3) is 0.368. The molecule has 0 saturated carbocycles. The van der Waals surface area contributed by atoms with E-state index in [1.165, 1.54) is 18.1 Å². The summed E-state index contributed by atoms with van der Waals surface area (Å²) in [5, 5.41) is 16.0. The van der Waals surface area contributed by atoms with Crippen LogP contribution in [0.2, 0.25) is 0 Å². The lowest BCUT2D eigenvalue weighted by Gasteiger charge is -2.12. The van der Waals surface area contributed by atoms with Gasteiger partial charge in [0.15, 0.2) is 0 Å². The first-order valence-corrected chi connectivity index (χ1v) is 7.74. The van der Waals surface area contributed by atoms with Crippen molar-refractivity contribution < 1.29 is 14.9 Å². The highest BCUT2D eigenvalue weighted by atomic mass is 16.5. The Labute approximate surface area is 133 Å². The van der Waals surface area contributed by atoms with E-state index in [0.29, 0.717) is 0 Å². The minimum Gasteiger partial charge on any atom is -0.457 e. The molecule has 3 heteroatoms. The predicted octanol–water partition coefficient (Wildman–Crippen LogP) is 3.96. The highest BCUT2D eigenvalue weighted by Crippen LogP contribution is 2.28. The molecule has 0 saturated heterocycles. The summed E-state index contributed by atoms with van der Waals surface area (Å²) in [6.07, 6.45) is 1.42. The van der Waals surface area contributed by atoms with Crippen molar-refractivity contribution in [2.24, 2.45) is 0 Å². The highest BCUT2D eigenvalue weighted by molar-refractivity contribution is 5.41. The molecule has 2 aromatic carbocycles. The lowest BCUT2D eigenvalue weighted by molar-refractivity contribution is 0.110. The molecule has 0 bridgehead atoms. The normalized spacial score (nSPS) is 11.3. The third kappa shape index (κ3) is 5.88. The van der Waals surface area contributed by atoms with Gasteiger partial charge in [-0.2, -0.15) is 0 Å². The highest BCUT2D eigenvalue weighted by Gasteiger charge is 2.05. The Kier molecular flexibility index (Phi) is 8.26. The van der Waals surface area contributed by atoms with Gasteiger partial charge < -0.3 is 14.9 Å². The lowest BCUT2D eigenvalue weighted by atomic mass is 10.1. The summed E-state index contributed by atoms with van der Waals surface area (Å²) in [7, 11) is 0. The molecule has 0 amide bonds. The zero-order valence-electron chi connectivity index (χ0n) is 13.6. The molecular weight excluding hydrogens is 276 g/mol. The van der Waals surface area contributed by atoms with Crippen LogP contribution in [0.25, 0.3) is 0 Å². The Balaban J connectivity index is 0.000000422. The molecular formula is C19H26O3. The number of hydrogen-bond donors (Lipinski definition) is 2. The first-order chi connectivity index (χ1) is 10.6. The Bertz CT molecular complexity index is 504. The smallest absolute Gasteiger partial charge is 0.130 e. The third-order valence-corrected chi connectivity index (χ3v) is 3.19. The fourth-order valence-electron chi connectivity index (χ4n) is 1.91. The van der Waals surface area contributed by atoms with E-state index >= 15 is 0 Å². The van der Waals surface area contributed by atoms with Gasteiger partial charge in [0.25, 0.3) is 0 Å². The number of aliphatic hydroxyl groups excluding tert-OH is 2. The van der Waals surface area contributed by atoms with Gasteiger partial charge in [-0.3, -0.25) is 0 Å². The Morgan fingerprint density at radius 2 is 1.23 bits per heavy atom. The molecule has 1 unspecified atom stereocenters. The molecule has 2 aromatic rings. The van der Waals surface area contributed by atoms with E-state index in [4.69, 9.17) is 14.9 Å². The largest absolute Gasteiger partial charge is 0.457 e. The van der Waals surface area contributed by atoms with Crippen LogP contribution in [0.1, 0.15) is 31.9 Å². The topological polar surface area (TPSA) is 49.7 Å². The molecule has 0 aromatic heterocycles. The summed E-state index contributed by atoms with van der Waals surface area (Å²) < 4.78 is 6.02. The summed E-state index contributed by atoms with van der Waals surface area (Å²) in [4.78, 5) is 0. The predicted molar refractivity (Wildman–Crippen MR) is 90.5 cm³/mol. The number of hydrogen-bond acceptors (Lipinski definition) is 3. The summed E-state index contributed by atoms with van der Waals surface area (Å²) in [6, 6.07) is 16.4. The number of benzene rings is 2. The molecule has 0 aliphatic heterocycles. The second-order valence-electron chi connectivity index (χ2n) is 5.06. The van der Waals surface area contributed by atoms with Gasteiger partial charge >= 0.3 is 0 Å². The van der Waals surface area contributed by atoms with Crippen LogP contribution in [0.4, 0.5) is 0 Å². The van der Waals surface area contributed by atoms with E-state index in [-0.39, 0.29) is 6.61 Å². The van der Waals surface area contributed by atoms with Crippen LogP contribution in [0.5, 0.6) is 11.5 Å². The second kappa shape index (κ2) is 9.98. The average Bonchev–Trinajstić information content (AvgIpc) is 2.56. The monoisotopic (exact) mass is 302 g/mol. The Morgan fingerprint density at radius 1 is 0.864 bits per heavy atom. The molecule has 0 spiro atoms. The molecule has 2 rings (SSSR count). The minimum atomic E-state index is -0.560. The number of ether oxygens (including phenoxy) is 1. The van der Waals surface area contributed by atoms with Crippen molar-refractivity contribution in [3.05, 3.63) is 59.7 Å². The van der Waals surface area contributed by atoms with E-state index < -0.39 is 6.10 Å². The molecule has 0 aliphatic rings. The first kappa shape index (κ1) is 18.2. The second-order valence-corrected chi connectivity index (χ2v) is 5.06. The maximum absolute atomic E-state index is 8.11. The standard InChI is InChI=1S/C16H18O.C3H8O2/c1-3-13-9-5-7-11-15(13)17-16-12-8-6-10-14(16)4-2;1-3(5)2-4/h5-12H,3-4H2,1-2H3;3-5H,2H2,1H3. The van der Waals surface area contributed by atoms with Crippen molar-refractivity contribution in [1.82, 2.24) is 0 Å². The van der Waals surface area contributed by atoms with Crippen molar-refractivity contribution in [2.45, 2.75) is 39.7 Å². The molecule has 3 nitrogen and oxygen atoms in total. The van der Waals surface area contributed by atoms with E-state index in [2.05, 4.69) is 38.1 Å². The van der Waals surface area contributed by atoms with Gasteiger partial charge in [-0.25, -0.2) is 0 Å². The summed E-state index contributed by atoms with van der Waals surface area (Å²) in [5.41, 5.74) is 2.50. The molecule has 22 heavy (non-hydrogen) atoms. The number of para-hydroxylation sites is 2. The van der Waals surface area contributed by atoms with Gasteiger partial charge in [-0.1, -0.05) is 50.2 Å². The van der Waals surface area contributed by atoms with Crippen molar-refractivity contribution in [3.8, 4) is 11.5 Å². The molecule has 120 valence electrons. The summed E-state index contributed by atoms with van der Waals surface area (Å²) in [6.45, 7) is 5.68. The van der Waals surface area contributed by atoms with Crippen LogP contribution < -0.4 is 4.74 Å². The molecule has 2 N–H and O–H groups in total. The van der Waals surface area contributed by atoms with Crippen LogP contribution in [0.3, 0.4) is 0 Å². The number of aryl methyl sites for hydroxylation is 2.